The summed E-state index contributed by atoms with van der Waals surface area (Å²) < 4.78 is 18.4. The second kappa shape index (κ2) is 4.06. The highest BCUT2D eigenvalue weighted by molar-refractivity contribution is 6.35. The number of ether oxygens (including phenoxy) is 1. The highest BCUT2D eigenvalue weighted by atomic mass is 35.5. The summed E-state index contributed by atoms with van der Waals surface area (Å²) in [4.78, 5) is 15.2. The minimum Gasteiger partial charge on any atom is -0.465 e. The van der Waals surface area contributed by atoms with E-state index in [0.29, 0.717) is 5.52 Å². The fraction of sp³-hybridized carbons (Fsp3) is 0.0909. The van der Waals surface area contributed by atoms with Crippen molar-refractivity contribution in [2.75, 3.05) is 7.11 Å². The maximum Gasteiger partial charge on any atom is 0.340 e. The van der Waals surface area contributed by atoms with Gasteiger partial charge in [0.15, 0.2) is 0 Å². The molecule has 0 saturated carbocycles. The number of methoxy groups -OCH3 is 1. The lowest BCUT2D eigenvalue weighted by atomic mass is 10.1. The first-order valence-electron chi connectivity index (χ1n) is 4.46. The monoisotopic (exact) mass is 239 g/mol. The minimum atomic E-state index is -0.759. The van der Waals surface area contributed by atoms with Gasteiger partial charge in [0.25, 0.3) is 0 Å². The molecule has 0 spiro atoms. The van der Waals surface area contributed by atoms with Crippen LogP contribution in [-0.2, 0) is 4.74 Å². The number of benzene rings is 1. The van der Waals surface area contributed by atoms with Crippen LogP contribution in [0, 0.1) is 5.82 Å². The molecule has 0 aliphatic rings. The van der Waals surface area contributed by atoms with Crippen LogP contribution in [0.15, 0.2) is 24.4 Å². The van der Waals surface area contributed by atoms with Crippen molar-refractivity contribution < 1.29 is 13.9 Å². The van der Waals surface area contributed by atoms with Crippen molar-refractivity contribution in [2.45, 2.75) is 0 Å². The third kappa shape index (κ3) is 1.61. The van der Waals surface area contributed by atoms with Crippen molar-refractivity contribution in [2.24, 2.45) is 0 Å². The number of esters is 1. The van der Waals surface area contributed by atoms with Crippen molar-refractivity contribution in [1.29, 1.82) is 0 Å². The molecule has 0 atom stereocenters. The number of rotatable bonds is 1. The molecule has 2 rings (SSSR count). The standard InChI is InChI=1S/C11H7ClFNO2/c1-16-11(15)7-5-8(12)10-6(9(7)13)3-2-4-14-10/h2-5H,1H3. The molecule has 0 radical (unpaired) electrons. The average Bonchev–Trinajstić information content (AvgIpc) is 2.33. The normalized spacial score (nSPS) is 10.4. The summed E-state index contributed by atoms with van der Waals surface area (Å²) in [5.41, 5.74) is 0.141. The molecule has 0 N–H and O–H groups in total. The summed E-state index contributed by atoms with van der Waals surface area (Å²) in [6.45, 7) is 0. The number of carbonyl (C=O) groups excluding carboxylic acids is 1. The molecule has 0 saturated heterocycles. The fourth-order valence-corrected chi connectivity index (χ4v) is 1.69. The van der Waals surface area contributed by atoms with Gasteiger partial charge >= 0.3 is 5.97 Å². The molecule has 1 heterocycles. The van der Waals surface area contributed by atoms with E-state index in [9.17, 15) is 9.18 Å². The first kappa shape index (κ1) is 10.8. The van der Waals surface area contributed by atoms with E-state index in [1.807, 2.05) is 0 Å². The molecule has 1 aromatic heterocycles. The van der Waals surface area contributed by atoms with Crippen LogP contribution in [0.4, 0.5) is 4.39 Å². The zero-order valence-electron chi connectivity index (χ0n) is 8.33. The Morgan fingerprint density at radius 1 is 1.56 bits per heavy atom. The van der Waals surface area contributed by atoms with E-state index in [1.165, 1.54) is 25.4 Å². The molecule has 0 bridgehead atoms. The summed E-state index contributed by atoms with van der Waals surface area (Å²) in [7, 11) is 1.18. The van der Waals surface area contributed by atoms with E-state index in [0.717, 1.165) is 0 Å². The topological polar surface area (TPSA) is 39.2 Å². The predicted octanol–water partition coefficient (Wildman–Crippen LogP) is 2.81. The Balaban J connectivity index is 2.80. The molecule has 0 fully saturated rings. The molecule has 0 amide bonds. The lowest BCUT2D eigenvalue weighted by molar-refractivity contribution is 0.0596. The Morgan fingerprint density at radius 2 is 2.31 bits per heavy atom. The van der Waals surface area contributed by atoms with E-state index < -0.39 is 11.8 Å². The first-order valence-corrected chi connectivity index (χ1v) is 4.84. The molecule has 0 aliphatic carbocycles. The van der Waals surface area contributed by atoms with Gasteiger partial charge in [-0.15, -0.1) is 0 Å². The summed E-state index contributed by atoms with van der Waals surface area (Å²) >= 11 is 5.90. The van der Waals surface area contributed by atoms with Gasteiger partial charge in [-0.2, -0.15) is 0 Å². The van der Waals surface area contributed by atoms with Crippen LogP contribution in [0.2, 0.25) is 5.02 Å². The number of hydrogen-bond acceptors (Lipinski definition) is 3. The highest BCUT2D eigenvalue weighted by Gasteiger charge is 2.17. The third-order valence-electron chi connectivity index (χ3n) is 2.18. The number of fused-ring (bicyclic) bond motifs is 1. The molecular formula is C11H7ClFNO2. The quantitative estimate of drug-likeness (QED) is 0.719. The summed E-state index contributed by atoms with van der Waals surface area (Å²) in [6, 6.07) is 4.30. The van der Waals surface area contributed by atoms with Gasteiger partial charge in [-0.1, -0.05) is 11.6 Å². The second-order valence-electron chi connectivity index (χ2n) is 3.11. The Labute approximate surface area is 95.8 Å². The number of carbonyl (C=O) groups is 1. The van der Waals surface area contributed by atoms with Crippen molar-refractivity contribution in [1.82, 2.24) is 4.98 Å². The van der Waals surface area contributed by atoms with Crippen LogP contribution in [0.25, 0.3) is 10.9 Å². The Bertz CT molecular complexity index is 571. The summed E-state index contributed by atoms with van der Waals surface area (Å²) in [5, 5.41) is 0.424. The molecule has 2 aromatic rings. The van der Waals surface area contributed by atoms with E-state index in [1.54, 1.807) is 6.07 Å². The van der Waals surface area contributed by atoms with E-state index in [2.05, 4.69) is 9.72 Å². The molecular weight excluding hydrogens is 233 g/mol. The van der Waals surface area contributed by atoms with Gasteiger partial charge in [-0.25, -0.2) is 9.18 Å². The van der Waals surface area contributed by atoms with Crippen molar-refractivity contribution in [3.63, 3.8) is 0 Å². The lowest BCUT2D eigenvalue weighted by Crippen LogP contribution is -2.05. The first-order chi connectivity index (χ1) is 7.65. The van der Waals surface area contributed by atoms with Gasteiger partial charge in [0.05, 0.1) is 23.2 Å². The Kier molecular flexibility index (Phi) is 2.75. The lowest BCUT2D eigenvalue weighted by Gasteiger charge is -2.05. The molecule has 0 aliphatic heterocycles. The van der Waals surface area contributed by atoms with Gasteiger partial charge in [-0.3, -0.25) is 4.98 Å². The van der Waals surface area contributed by atoms with Crippen LogP contribution in [0.3, 0.4) is 0 Å². The highest BCUT2D eigenvalue weighted by Crippen LogP contribution is 2.27. The van der Waals surface area contributed by atoms with Crippen LogP contribution in [-0.4, -0.2) is 18.1 Å². The maximum atomic E-state index is 13.9. The fourth-order valence-electron chi connectivity index (χ4n) is 1.43. The van der Waals surface area contributed by atoms with Gasteiger partial charge < -0.3 is 4.74 Å². The molecule has 0 unspecified atom stereocenters. The van der Waals surface area contributed by atoms with Crippen LogP contribution >= 0.6 is 11.6 Å². The van der Waals surface area contributed by atoms with Gasteiger partial charge in [-0.05, 0) is 18.2 Å². The number of hydrogen-bond donors (Lipinski definition) is 0. The van der Waals surface area contributed by atoms with E-state index in [4.69, 9.17) is 11.6 Å². The van der Waals surface area contributed by atoms with Gasteiger partial charge in [0, 0.05) is 11.6 Å². The summed E-state index contributed by atoms with van der Waals surface area (Å²) in [5.74, 6) is -1.43. The molecule has 5 heteroatoms. The van der Waals surface area contributed by atoms with Crippen LogP contribution in [0.1, 0.15) is 10.4 Å². The predicted molar refractivity (Wildman–Crippen MR) is 58.1 cm³/mol. The number of aromatic nitrogens is 1. The maximum absolute atomic E-state index is 13.9. The molecule has 82 valence electrons. The van der Waals surface area contributed by atoms with Crippen molar-refractivity contribution in [3.05, 3.63) is 40.8 Å². The molecule has 1 aromatic carbocycles. The Hall–Kier alpha value is -1.68. The minimum absolute atomic E-state index is 0.187. The van der Waals surface area contributed by atoms with Crippen LogP contribution in [0.5, 0.6) is 0 Å². The summed E-state index contributed by atoms with van der Waals surface area (Å²) in [6.07, 6.45) is 1.51. The van der Waals surface area contributed by atoms with Crippen molar-refractivity contribution >= 4 is 28.5 Å². The SMILES string of the molecule is COC(=O)c1cc(Cl)c2ncccc2c1F. The van der Waals surface area contributed by atoms with Gasteiger partial charge in [0.2, 0.25) is 0 Å². The smallest absolute Gasteiger partial charge is 0.340 e. The number of pyridine rings is 1. The van der Waals surface area contributed by atoms with E-state index in [-0.39, 0.29) is 16.0 Å². The molecule has 16 heavy (non-hydrogen) atoms. The molecule has 3 nitrogen and oxygen atoms in total. The van der Waals surface area contributed by atoms with Crippen molar-refractivity contribution in [3.8, 4) is 0 Å². The average molecular weight is 240 g/mol. The zero-order chi connectivity index (χ0) is 11.7. The number of halogens is 2. The zero-order valence-corrected chi connectivity index (χ0v) is 9.08. The largest absolute Gasteiger partial charge is 0.465 e. The second-order valence-corrected chi connectivity index (χ2v) is 3.52. The van der Waals surface area contributed by atoms with Crippen LogP contribution < -0.4 is 0 Å². The Morgan fingerprint density at radius 3 is 3.00 bits per heavy atom. The third-order valence-corrected chi connectivity index (χ3v) is 2.47. The van der Waals surface area contributed by atoms with Gasteiger partial charge in [0.1, 0.15) is 5.82 Å². The number of nitrogens with zero attached hydrogens (tertiary/aromatic N) is 1. The van der Waals surface area contributed by atoms with E-state index >= 15 is 0 Å².